The Morgan fingerprint density at radius 3 is 2.48 bits per heavy atom. The highest BCUT2D eigenvalue weighted by molar-refractivity contribution is 5.95. The quantitative estimate of drug-likeness (QED) is 0.384. The predicted molar refractivity (Wildman–Crippen MR) is 115 cm³/mol. The molecule has 0 aliphatic rings. The van der Waals surface area contributed by atoms with Gasteiger partial charge in [0.1, 0.15) is 12.3 Å². The van der Waals surface area contributed by atoms with E-state index in [0.29, 0.717) is 23.7 Å². The van der Waals surface area contributed by atoms with E-state index in [1.165, 1.54) is 12.8 Å². The molecule has 31 heavy (non-hydrogen) atoms. The number of benzene rings is 2. The first-order chi connectivity index (χ1) is 15.2. The number of hydrogen-bond donors (Lipinski definition) is 2. The largest absolute Gasteiger partial charge is 0.494 e. The van der Waals surface area contributed by atoms with Gasteiger partial charge in [-0.1, -0.05) is 56.5 Å². The molecule has 0 spiro atoms. The molecule has 2 amide bonds. The number of aromatic nitrogens is 4. The van der Waals surface area contributed by atoms with Crippen LogP contribution in [-0.2, 0) is 11.3 Å². The second-order valence-corrected chi connectivity index (χ2v) is 6.95. The Bertz CT molecular complexity index is 972. The van der Waals surface area contributed by atoms with Gasteiger partial charge < -0.3 is 4.74 Å². The SMILES string of the molecule is CCCCCCOc1ccc(C(=O)NNC(=O)Cn2nnc(-c3ccccc3)n2)cc1. The van der Waals surface area contributed by atoms with Crippen LogP contribution in [-0.4, -0.2) is 38.6 Å². The van der Waals surface area contributed by atoms with Crippen molar-refractivity contribution in [1.29, 1.82) is 0 Å². The number of ether oxygens (including phenoxy) is 1. The van der Waals surface area contributed by atoms with Crippen LogP contribution >= 0.6 is 0 Å². The summed E-state index contributed by atoms with van der Waals surface area (Å²) in [5.41, 5.74) is 5.93. The Morgan fingerprint density at radius 1 is 0.968 bits per heavy atom. The summed E-state index contributed by atoms with van der Waals surface area (Å²) in [4.78, 5) is 25.4. The highest BCUT2D eigenvalue weighted by Crippen LogP contribution is 2.13. The van der Waals surface area contributed by atoms with Crippen molar-refractivity contribution >= 4 is 11.8 Å². The van der Waals surface area contributed by atoms with Crippen LogP contribution in [0.3, 0.4) is 0 Å². The molecule has 0 atom stereocenters. The first-order valence-corrected chi connectivity index (χ1v) is 10.3. The molecule has 0 saturated heterocycles. The van der Waals surface area contributed by atoms with Crippen LogP contribution in [0.2, 0.25) is 0 Å². The van der Waals surface area contributed by atoms with Crippen LogP contribution in [0.1, 0.15) is 43.0 Å². The van der Waals surface area contributed by atoms with Gasteiger partial charge in [0.15, 0.2) is 0 Å². The van der Waals surface area contributed by atoms with Crippen LogP contribution in [0, 0.1) is 0 Å². The number of carbonyl (C=O) groups is 2. The van der Waals surface area contributed by atoms with Gasteiger partial charge >= 0.3 is 0 Å². The Labute approximate surface area is 180 Å². The third kappa shape index (κ3) is 6.91. The third-order valence-electron chi connectivity index (χ3n) is 4.47. The molecule has 3 rings (SSSR count). The average molecular weight is 422 g/mol. The summed E-state index contributed by atoms with van der Waals surface area (Å²) in [6, 6.07) is 16.1. The van der Waals surface area contributed by atoms with E-state index in [1.54, 1.807) is 24.3 Å². The van der Waals surface area contributed by atoms with Gasteiger partial charge in [-0.05, 0) is 35.9 Å². The number of tetrazole rings is 1. The highest BCUT2D eigenvalue weighted by atomic mass is 16.5. The molecule has 9 nitrogen and oxygen atoms in total. The lowest BCUT2D eigenvalue weighted by molar-refractivity contribution is -0.122. The van der Waals surface area contributed by atoms with Crippen molar-refractivity contribution in [3.63, 3.8) is 0 Å². The summed E-state index contributed by atoms with van der Waals surface area (Å²) >= 11 is 0. The topological polar surface area (TPSA) is 111 Å². The predicted octanol–water partition coefficient (Wildman–Crippen LogP) is 2.76. The smallest absolute Gasteiger partial charge is 0.269 e. The zero-order chi connectivity index (χ0) is 21.9. The molecule has 162 valence electrons. The number of carbonyl (C=O) groups excluding carboxylic acids is 2. The van der Waals surface area contributed by atoms with Gasteiger partial charge in [-0.2, -0.15) is 4.80 Å². The molecule has 0 saturated carbocycles. The summed E-state index contributed by atoms with van der Waals surface area (Å²) in [5.74, 6) is 0.227. The minimum atomic E-state index is -0.475. The number of nitrogens with one attached hydrogen (secondary N) is 2. The van der Waals surface area contributed by atoms with Crippen molar-refractivity contribution in [2.24, 2.45) is 0 Å². The minimum absolute atomic E-state index is 0.176. The summed E-state index contributed by atoms with van der Waals surface area (Å²) in [6.07, 6.45) is 4.55. The van der Waals surface area contributed by atoms with E-state index < -0.39 is 11.8 Å². The lowest BCUT2D eigenvalue weighted by Crippen LogP contribution is -2.43. The number of amides is 2. The Hall–Kier alpha value is -3.75. The molecule has 0 radical (unpaired) electrons. The maximum absolute atomic E-state index is 12.2. The number of rotatable bonds is 10. The summed E-state index contributed by atoms with van der Waals surface area (Å²) in [6.45, 7) is 2.65. The zero-order valence-corrected chi connectivity index (χ0v) is 17.5. The molecule has 0 fully saturated rings. The van der Waals surface area contributed by atoms with Gasteiger partial charge in [-0.3, -0.25) is 20.4 Å². The summed E-state index contributed by atoms with van der Waals surface area (Å²) in [5, 5.41) is 11.9. The molecule has 3 aromatic rings. The van der Waals surface area contributed by atoms with E-state index in [2.05, 4.69) is 33.2 Å². The number of unbranched alkanes of at least 4 members (excludes halogenated alkanes) is 3. The maximum Gasteiger partial charge on any atom is 0.269 e. The molecule has 2 N–H and O–H groups in total. The van der Waals surface area contributed by atoms with Crippen LogP contribution < -0.4 is 15.6 Å². The fourth-order valence-electron chi connectivity index (χ4n) is 2.80. The molecule has 0 aliphatic carbocycles. The van der Waals surface area contributed by atoms with Crippen LogP contribution in [0.5, 0.6) is 5.75 Å². The summed E-state index contributed by atoms with van der Waals surface area (Å²) in [7, 11) is 0. The standard InChI is InChI=1S/C22H26N6O3/c1-2-3-4-8-15-31-19-13-11-18(12-14-19)22(30)25-23-20(29)16-28-26-21(24-27-28)17-9-6-5-7-10-17/h5-7,9-14H,2-4,8,15-16H2,1H3,(H,23,29)(H,25,30). The van der Waals surface area contributed by atoms with Crippen LogP contribution in [0.4, 0.5) is 0 Å². The first-order valence-electron chi connectivity index (χ1n) is 10.3. The van der Waals surface area contributed by atoms with E-state index in [1.807, 2.05) is 30.3 Å². The Kier molecular flexibility index (Phi) is 8.10. The fourth-order valence-corrected chi connectivity index (χ4v) is 2.80. The van der Waals surface area contributed by atoms with Crippen molar-refractivity contribution in [3.05, 3.63) is 60.2 Å². The Morgan fingerprint density at radius 2 is 1.74 bits per heavy atom. The Balaban J connectivity index is 1.42. The molecule has 2 aromatic carbocycles. The second-order valence-electron chi connectivity index (χ2n) is 6.95. The van der Waals surface area contributed by atoms with E-state index in [-0.39, 0.29) is 6.54 Å². The van der Waals surface area contributed by atoms with Gasteiger partial charge in [-0.15, -0.1) is 10.2 Å². The minimum Gasteiger partial charge on any atom is -0.494 e. The molecule has 0 bridgehead atoms. The maximum atomic E-state index is 12.2. The number of hydrazine groups is 1. The first kappa shape index (κ1) is 21.9. The van der Waals surface area contributed by atoms with Crippen molar-refractivity contribution < 1.29 is 14.3 Å². The molecule has 0 aliphatic heterocycles. The lowest BCUT2D eigenvalue weighted by atomic mass is 10.2. The average Bonchev–Trinajstić information content (AvgIpc) is 3.27. The van der Waals surface area contributed by atoms with Gasteiger partial charge in [0.05, 0.1) is 6.61 Å². The van der Waals surface area contributed by atoms with E-state index in [0.717, 1.165) is 23.2 Å². The molecular weight excluding hydrogens is 396 g/mol. The van der Waals surface area contributed by atoms with Gasteiger partial charge in [0.2, 0.25) is 5.82 Å². The van der Waals surface area contributed by atoms with Crippen molar-refractivity contribution in [2.45, 2.75) is 39.2 Å². The number of hydrogen-bond acceptors (Lipinski definition) is 6. The van der Waals surface area contributed by atoms with E-state index >= 15 is 0 Å². The molecule has 9 heteroatoms. The van der Waals surface area contributed by atoms with Gasteiger partial charge in [-0.25, -0.2) is 0 Å². The normalized spacial score (nSPS) is 10.5. The highest BCUT2D eigenvalue weighted by Gasteiger charge is 2.11. The number of nitrogens with zero attached hydrogens (tertiary/aromatic N) is 4. The van der Waals surface area contributed by atoms with Gasteiger partial charge in [0, 0.05) is 11.1 Å². The zero-order valence-electron chi connectivity index (χ0n) is 17.5. The monoisotopic (exact) mass is 422 g/mol. The summed E-state index contributed by atoms with van der Waals surface area (Å²) < 4.78 is 5.66. The third-order valence-corrected chi connectivity index (χ3v) is 4.47. The molecule has 1 aromatic heterocycles. The van der Waals surface area contributed by atoms with Crippen LogP contribution in [0.25, 0.3) is 11.4 Å². The lowest BCUT2D eigenvalue weighted by Gasteiger charge is -2.08. The fraction of sp³-hybridized carbons (Fsp3) is 0.318. The molecule has 0 unspecified atom stereocenters. The molecular formula is C22H26N6O3. The molecule has 1 heterocycles. The van der Waals surface area contributed by atoms with Crippen molar-refractivity contribution in [3.8, 4) is 17.1 Å². The van der Waals surface area contributed by atoms with Crippen molar-refractivity contribution in [1.82, 2.24) is 31.1 Å². The van der Waals surface area contributed by atoms with Crippen LogP contribution in [0.15, 0.2) is 54.6 Å². The van der Waals surface area contributed by atoms with E-state index in [9.17, 15) is 9.59 Å². The van der Waals surface area contributed by atoms with Crippen molar-refractivity contribution in [2.75, 3.05) is 6.61 Å². The second kappa shape index (κ2) is 11.4. The van der Waals surface area contributed by atoms with Gasteiger partial charge in [0.25, 0.3) is 11.8 Å². The van der Waals surface area contributed by atoms with E-state index in [4.69, 9.17) is 4.74 Å².